The van der Waals surface area contributed by atoms with Crippen molar-refractivity contribution in [1.29, 1.82) is 0 Å². The summed E-state index contributed by atoms with van der Waals surface area (Å²) in [4.78, 5) is 30.8. The van der Waals surface area contributed by atoms with Crippen LogP contribution in [0.4, 0.5) is 0 Å². The summed E-state index contributed by atoms with van der Waals surface area (Å²) in [5.74, 6) is 1.17. The maximum absolute atomic E-state index is 13.3. The summed E-state index contributed by atoms with van der Waals surface area (Å²) >= 11 is 0. The molecule has 3 atom stereocenters. The van der Waals surface area contributed by atoms with Crippen LogP contribution in [0.15, 0.2) is 66.9 Å². The van der Waals surface area contributed by atoms with Crippen molar-refractivity contribution in [1.82, 2.24) is 19.7 Å². The van der Waals surface area contributed by atoms with Gasteiger partial charge in [-0.2, -0.15) is 0 Å². The second kappa shape index (κ2) is 10.3. The number of hydrogen-bond acceptors (Lipinski definition) is 3. The molecular weight excluding hydrogens is 448 g/mol. The molecule has 2 unspecified atom stereocenters. The molecule has 3 heterocycles. The number of likely N-dealkylation sites (tertiary alicyclic amines) is 2. The lowest BCUT2D eigenvalue weighted by Gasteiger charge is -2.25. The predicted octanol–water partition coefficient (Wildman–Crippen LogP) is 4.21. The molecule has 2 fully saturated rings. The lowest BCUT2D eigenvalue weighted by Crippen LogP contribution is -2.36. The van der Waals surface area contributed by atoms with E-state index in [1.807, 2.05) is 80.2 Å². The van der Waals surface area contributed by atoms with Crippen LogP contribution in [0.2, 0.25) is 0 Å². The molecule has 3 aromatic rings. The van der Waals surface area contributed by atoms with Crippen molar-refractivity contribution in [3.05, 3.63) is 94.8 Å². The van der Waals surface area contributed by atoms with Crippen LogP contribution >= 0.6 is 0 Å². The van der Waals surface area contributed by atoms with Gasteiger partial charge in [0.15, 0.2) is 0 Å². The Hall–Kier alpha value is -3.38. The van der Waals surface area contributed by atoms with Crippen LogP contribution in [0.5, 0.6) is 0 Å². The normalized spacial score (nSPS) is 20.4. The van der Waals surface area contributed by atoms with Gasteiger partial charge in [0, 0.05) is 51.5 Å². The SMILES string of the molecule is Cc1cccc(C)c1C(=O)N1CC2CN(CCC(NC(=O)c3cccn3C)c3ccccc3)C[C@H]2C1. The molecule has 2 aliphatic rings. The first-order chi connectivity index (χ1) is 17.4. The summed E-state index contributed by atoms with van der Waals surface area (Å²) in [6.07, 6.45) is 2.74. The zero-order chi connectivity index (χ0) is 25.2. The van der Waals surface area contributed by atoms with Crippen molar-refractivity contribution >= 4 is 11.8 Å². The molecule has 6 heteroatoms. The van der Waals surface area contributed by atoms with Crippen LogP contribution in [0, 0.1) is 25.7 Å². The van der Waals surface area contributed by atoms with Crippen molar-refractivity contribution < 1.29 is 9.59 Å². The molecule has 5 rings (SSSR count). The molecular formula is C30H36N4O2. The fourth-order valence-corrected chi connectivity index (χ4v) is 6.00. The highest BCUT2D eigenvalue weighted by Gasteiger charge is 2.42. The summed E-state index contributed by atoms with van der Waals surface area (Å²) in [5.41, 5.74) is 4.78. The fourth-order valence-electron chi connectivity index (χ4n) is 6.00. The Balaban J connectivity index is 1.19. The third-order valence-corrected chi connectivity index (χ3v) is 7.96. The molecule has 36 heavy (non-hydrogen) atoms. The number of nitrogens with zero attached hydrogens (tertiary/aromatic N) is 3. The van der Waals surface area contributed by atoms with E-state index in [4.69, 9.17) is 0 Å². The van der Waals surface area contributed by atoms with Crippen LogP contribution in [0.1, 0.15) is 50.0 Å². The van der Waals surface area contributed by atoms with Gasteiger partial charge in [-0.05, 0) is 60.9 Å². The maximum Gasteiger partial charge on any atom is 0.268 e. The average Bonchev–Trinajstić information content (AvgIpc) is 3.57. The van der Waals surface area contributed by atoms with Gasteiger partial charge in [0.1, 0.15) is 5.69 Å². The summed E-state index contributed by atoms with van der Waals surface area (Å²) in [6, 6.07) is 20.0. The van der Waals surface area contributed by atoms with Crippen LogP contribution in [-0.2, 0) is 7.05 Å². The first-order valence-corrected chi connectivity index (χ1v) is 13.0. The number of carbonyl (C=O) groups excluding carboxylic acids is 2. The maximum atomic E-state index is 13.3. The van der Waals surface area contributed by atoms with Gasteiger partial charge in [-0.25, -0.2) is 0 Å². The molecule has 1 aromatic heterocycles. The molecule has 2 aromatic carbocycles. The number of carbonyl (C=O) groups is 2. The molecule has 0 spiro atoms. The standard InChI is InChI=1S/C30H36N4O2/c1-21-9-7-10-22(2)28(21)30(36)34-19-24-17-33(18-25(24)20-34)16-14-26(23-11-5-4-6-12-23)31-29(35)27-13-8-15-32(27)3/h4-13,15,24-26H,14,16-20H2,1-3H3,(H,31,35)/t24-,25?,26?/m0/s1. The molecule has 2 amide bonds. The quantitative estimate of drug-likeness (QED) is 0.547. The van der Waals surface area contributed by atoms with E-state index in [2.05, 4.69) is 27.2 Å². The Labute approximate surface area is 213 Å². The molecule has 0 radical (unpaired) electrons. The Morgan fingerprint density at radius 1 is 0.889 bits per heavy atom. The first kappa shape index (κ1) is 24.3. The third-order valence-electron chi connectivity index (χ3n) is 7.96. The van der Waals surface area contributed by atoms with Crippen LogP contribution in [0.25, 0.3) is 0 Å². The average molecular weight is 485 g/mol. The van der Waals surface area contributed by atoms with Crippen molar-refractivity contribution in [3.8, 4) is 0 Å². The van der Waals surface area contributed by atoms with E-state index < -0.39 is 0 Å². The number of nitrogens with one attached hydrogen (secondary N) is 1. The molecule has 2 saturated heterocycles. The second-order valence-electron chi connectivity index (χ2n) is 10.5. The largest absolute Gasteiger partial charge is 0.347 e. The monoisotopic (exact) mass is 484 g/mol. The van der Waals surface area contributed by atoms with E-state index in [1.54, 1.807) is 0 Å². The van der Waals surface area contributed by atoms with Crippen LogP contribution in [-0.4, -0.2) is 58.9 Å². The van der Waals surface area contributed by atoms with E-state index in [1.165, 1.54) is 0 Å². The lowest BCUT2D eigenvalue weighted by atomic mass is 10.0. The van der Waals surface area contributed by atoms with E-state index in [0.29, 0.717) is 17.5 Å². The molecule has 0 saturated carbocycles. The molecule has 6 nitrogen and oxygen atoms in total. The molecule has 2 aliphatic heterocycles. The number of rotatable bonds is 7. The fraction of sp³-hybridized carbons (Fsp3) is 0.400. The third kappa shape index (κ3) is 4.96. The van der Waals surface area contributed by atoms with E-state index in [-0.39, 0.29) is 17.9 Å². The van der Waals surface area contributed by atoms with Crippen molar-refractivity contribution in [3.63, 3.8) is 0 Å². The number of fused-ring (bicyclic) bond motifs is 1. The summed E-state index contributed by atoms with van der Waals surface area (Å²) in [6.45, 7) is 8.66. The van der Waals surface area contributed by atoms with Gasteiger partial charge in [0.25, 0.3) is 11.8 Å². The van der Waals surface area contributed by atoms with Crippen molar-refractivity contribution in [2.75, 3.05) is 32.7 Å². The molecule has 0 bridgehead atoms. The van der Waals surface area contributed by atoms with Gasteiger partial charge >= 0.3 is 0 Å². The minimum absolute atomic E-state index is 0.0452. The number of benzene rings is 2. The Kier molecular flexibility index (Phi) is 6.97. The first-order valence-electron chi connectivity index (χ1n) is 13.0. The minimum atomic E-state index is -0.0460. The predicted molar refractivity (Wildman–Crippen MR) is 142 cm³/mol. The zero-order valence-corrected chi connectivity index (χ0v) is 21.5. The summed E-state index contributed by atoms with van der Waals surface area (Å²) in [7, 11) is 1.89. The van der Waals surface area contributed by atoms with E-state index in [9.17, 15) is 9.59 Å². The highest BCUT2D eigenvalue weighted by molar-refractivity contribution is 5.97. The Morgan fingerprint density at radius 3 is 2.17 bits per heavy atom. The van der Waals surface area contributed by atoms with E-state index in [0.717, 1.165) is 61.4 Å². The van der Waals surface area contributed by atoms with Gasteiger partial charge in [-0.15, -0.1) is 0 Å². The van der Waals surface area contributed by atoms with Gasteiger partial charge in [0.05, 0.1) is 6.04 Å². The second-order valence-corrected chi connectivity index (χ2v) is 10.5. The van der Waals surface area contributed by atoms with Gasteiger partial charge in [0.2, 0.25) is 0 Å². The molecule has 0 aliphatic carbocycles. The highest BCUT2D eigenvalue weighted by Crippen LogP contribution is 2.33. The Bertz CT molecular complexity index is 1200. The molecule has 1 N–H and O–H groups in total. The van der Waals surface area contributed by atoms with Gasteiger partial charge in [-0.3, -0.25) is 9.59 Å². The Morgan fingerprint density at radius 2 is 1.56 bits per heavy atom. The molecule has 188 valence electrons. The lowest BCUT2D eigenvalue weighted by molar-refractivity contribution is 0.0772. The summed E-state index contributed by atoms with van der Waals surface area (Å²) < 4.78 is 1.85. The number of hydrogen-bond donors (Lipinski definition) is 1. The van der Waals surface area contributed by atoms with Crippen molar-refractivity contribution in [2.45, 2.75) is 26.3 Å². The van der Waals surface area contributed by atoms with Crippen molar-refractivity contribution in [2.24, 2.45) is 18.9 Å². The van der Waals surface area contributed by atoms with E-state index >= 15 is 0 Å². The summed E-state index contributed by atoms with van der Waals surface area (Å²) in [5, 5.41) is 3.26. The smallest absolute Gasteiger partial charge is 0.268 e. The topological polar surface area (TPSA) is 57.6 Å². The van der Waals surface area contributed by atoms with Crippen LogP contribution in [0.3, 0.4) is 0 Å². The zero-order valence-electron chi connectivity index (χ0n) is 21.5. The number of amides is 2. The minimum Gasteiger partial charge on any atom is -0.347 e. The van der Waals surface area contributed by atoms with Crippen LogP contribution < -0.4 is 5.32 Å². The van der Waals surface area contributed by atoms with Gasteiger partial charge in [-0.1, -0.05) is 48.5 Å². The highest BCUT2D eigenvalue weighted by atomic mass is 16.2. The number of aryl methyl sites for hydroxylation is 3. The number of aromatic nitrogens is 1. The van der Waals surface area contributed by atoms with Gasteiger partial charge < -0.3 is 19.7 Å².